The van der Waals surface area contributed by atoms with Crippen molar-refractivity contribution < 1.29 is 4.74 Å². The average molecular weight is 340 g/mol. The molecule has 0 radical (unpaired) electrons. The van der Waals surface area contributed by atoms with Crippen LogP contribution in [-0.4, -0.2) is 41.8 Å². The third-order valence-corrected chi connectivity index (χ3v) is 3.81. The Morgan fingerprint density at radius 2 is 2.20 bits per heavy atom. The maximum Gasteiger partial charge on any atom is 0.224 e. The Bertz CT molecular complexity index is 838. The van der Waals surface area contributed by atoms with E-state index in [1.165, 1.54) is 0 Å². The van der Waals surface area contributed by atoms with Gasteiger partial charge < -0.3 is 21.1 Å². The maximum atomic E-state index is 5.97. The Kier molecular flexibility index (Phi) is 5.57. The molecule has 25 heavy (non-hydrogen) atoms. The summed E-state index contributed by atoms with van der Waals surface area (Å²) in [7, 11) is 0. The normalized spacial score (nSPS) is 16.5. The summed E-state index contributed by atoms with van der Waals surface area (Å²) in [5, 5.41) is 8.61. The second-order valence-electron chi connectivity index (χ2n) is 5.97. The van der Waals surface area contributed by atoms with E-state index >= 15 is 0 Å². The van der Waals surface area contributed by atoms with Gasteiger partial charge >= 0.3 is 0 Å². The molecule has 0 aliphatic carbocycles. The minimum Gasteiger partial charge on any atom is -0.380 e. The number of fused-ring (bicyclic) bond motifs is 1. The van der Waals surface area contributed by atoms with Gasteiger partial charge in [0.05, 0.1) is 18.0 Å². The highest BCUT2D eigenvalue weighted by molar-refractivity contribution is 5.60. The Balaban J connectivity index is 1.69. The molecule has 132 valence electrons. The number of anilines is 3. The molecule has 0 fully saturated rings. The fraction of sp³-hybridized carbons (Fsp3) is 0.389. The summed E-state index contributed by atoms with van der Waals surface area (Å²) < 4.78 is 5.31. The van der Waals surface area contributed by atoms with E-state index in [0.29, 0.717) is 25.7 Å². The van der Waals surface area contributed by atoms with Gasteiger partial charge in [-0.3, -0.25) is 4.99 Å². The third kappa shape index (κ3) is 4.52. The van der Waals surface area contributed by atoms with E-state index in [9.17, 15) is 0 Å². The second-order valence-corrected chi connectivity index (χ2v) is 5.97. The summed E-state index contributed by atoms with van der Waals surface area (Å²) >= 11 is 0. The van der Waals surface area contributed by atoms with Crippen LogP contribution in [0.5, 0.6) is 0 Å². The fourth-order valence-corrected chi connectivity index (χ4v) is 2.65. The van der Waals surface area contributed by atoms with E-state index in [1.807, 2.05) is 31.2 Å². The Morgan fingerprint density at radius 3 is 3.04 bits per heavy atom. The smallest absolute Gasteiger partial charge is 0.224 e. The Hall–Kier alpha value is -2.51. The van der Waals surface area contributed by atoms with Gasteiger partial charge in [-0.05, 0) is 38.1 Å². The molecule has 3 rings (SSSR count). The number of ether oxygens (including phenoxy) is 1. The highest BCUT2D eigenvalue weighted by Gasteiger charge is 2.08. The summed E-state index contributed by atoms with van der Waals surface area (Å²) in [5.41, 5.74) is 6.96. The van der Waals surface area contributed by atoms with Crippen molar-refractivity contribution in [2.45, 2.75) is 25.9 Å². The van der Waals surface area contributed by atoms with Gasteiger partial charge in [0.25, 0.3) is 0 Å². The second kappa shape index (κ2) is 8.04. The molecule has 4 N–H and O–H groups in total. The molecule has 0 amide bonds. The Labute approximate surface area is 147 Å². The molecule has 1 unspecified atom stereocenters. The molecule has 2 heterocycles. The van der Waals surface area contributed by atoms with Crippen LogP contribution in [0.1, 0.15) is 13.8 Å². The predicted octanol–water partition coefficient (Wildman–Crippen LogP) is 0.798. The minimum atomic E-state index is -0.102. The molecule has 0 saturated heterocycles. The zero-order chi connectivity index (χ0) is 17.6. The predicted molar refractivity (Wildman–Crippen MR) is 99.4 cm³/mol. The van der Waals surface area contributed by atoms with Crippen molar-refractivity contribution in [2.24, 2.45) is 10.7 Å². The minimum absolute atomic E-state index is 0.102. The van der Waals surface area contributed by atoms with Crippen molar-refractivity contribution in [3.8, 4) is 0 Å². The number of hydrogen-bond acceptors (Lipinski definition) is 7. The maximum absolute atomic E-state index is 5.97. The fourth-order valence-electron chi connectivity index (χ4n) is 2.65. The van der Waals surface area contributed by atoms with Crippen LogP contribution in [0, 0.1) is 0 Å². The molecule has 7 nitrogen and oxygen atoms in total. The molecule has 0 spiro atoms. The molecule has 1 aliphatic rings. The molecule has 0 bridgehead atoms. The molecular formula is C18H24N6O. The van der Waals surface area contributed by atoms with Crippen LogP contribution in [0.25, 0.3) is 6.08 Å². The van der Waals surface area contributed by atoms with Crippen LogP contribution in [0.15, 0.2) is 35.5 Å². The van der Waals surface area contributed by atoms with Gasteiger partial charge in [0, 0.05) is 36.3 Å². The standard InChI is InChI=1S/C18H24N6O/c1-3-25-11-13(19)10-21-18-20-8-7-17(24-18)23-16-6-4-5-15-14(16)9-12(2)22-15/h4-9,12-13H,3,10-11,19H2,1-2H3,(H2,20,21,23,24)/t12-,13?/m1/s1. The van der Waals surface area contributed by atoms with Gasteiger partial charge in [-0.15, -0.1) is 0 Å². The summed E-state index contributed by atoms with van der Waals surface area (Å²) in [6, 6.07) is 7.97. The number of nitrogens with zero attached hydrogens (tertiary/aromatic N) is 3. The number of aromatic nitrogens is 2. The molecule has 1 aromatic carbocycles. The van der Waals surface area contributed by atoms with E-state index in [0.717, 1.165) is 22.1 Å². The SMILES string of the molecule is CCOCC(N)CNc1nccc(Nc2cccc3c2=C[C@@H](C)N=3)n1. The summed E-state index contributed by atoms with van der Waals surface area (Å²) in [4.78, 5) is 13.3. The van der Waals surface area contributed by atoms with E-state index in [4.69, 9.17) is 10.5 Å². The van der Waals surface area contributed by atoms with E-state index < -0.39 is 0 Å². The number of hydrogen-bond donors (Lipinski definition) is 3. The first-order chi connectivity index (χ1) is 12.2. The molecule has 2 aromatic rings. The van der Waals surface area contributed by atoms with Crippen LogP contribution < -0.4 is 26.9 Å². The summed E-state index contributed by atoms with van der Waals surface area (Å²) in [5.74, 6) is 1.25. The first-order valence-electron chi connectivity index (χ1n) is 8.51. The summed E-state index contributed by atoms with van der Waals surface area (Å²) in [6.45, 7) is 5.74. The van der Waals surface area contributed by atoms with Crippen LogP contribution in [0.3, 0.4) is 0 Å². The van der Waals surface area contributed by atoms with E-state index in [-0.39, 0.29) is 12.1 Å². The monoisotopic (exact) mass is 340 g/mol. The van der Waals surface area contributed by atoms with Crippen LogP contribution in [-0.2, 0) is 4.74 Å². The van der Waals surface area contributed by atoms with Crippen LogP contribution >= 0.6 is 0 Å². The molecular weight excluding hydrogens is 316 g/mol. The molecule has 2 atom stereocenters. The third-order valence-electron chi connectivity index (χ3n) is 3.81. The first kappa shape index (κ1) is 17.3. The first-order valence-corrected chi connectivity index (χ1v) is 8.51. The van der Waals surface area contributed by atoms with Crippen molar-refractivity contribution in [1.82, 2.24) is 9.97 Å². The molecule has 1 aliphatic heterocycles. The molecule has 0 saturated carbocycles. The zero-order valence-electron chi connectivity index (χ0n) is 14.6. The zero-order valence-corrected chi connectivity index (χ0v) is 14.6. The number of nitrogens with one attached hydrogen (secondary N) is 2. The van der Waals surface area contributed by atoms with Gasteiger partial charge in [-0.2, -0.15) is 4.98 Å². The topological polar surface area (TPSA) is 97.5 Å². The lowest BCUT2D eigenvalue weighted by Gasteiger charge is -2.13. The van der Waals surface area contributed by atoms with Gasteiger partial charge in [0.15, 0.2) is 0 Å². The number of nitrogens with two attached hydrogens (primary N) is 1. The van der Waals surface area contributed by atoms with Gasteiger partial charge in [-0.1, -0.05) is 6.07 Å². The number of rotatable bonds is 8. The van der Waals surface area contributed by atoms with E-state index in [2.05, 4.69) is 38.6 Å². The lowest BCUT2D eigenvalue weighted by molar-refractivity contribution is 0.136. The van der Waals surface area contributed by atoms with Gasteiger partial charge in [0.2, 0.25) is 5.95 Å². The van der Waals surface area contributed by atoms with E-state index in [1.54, 1.807) is 6.20 Å². The lowest BCUT2D eigenvalue weighted by atomic mass is 10.2. The summed E-state index contributed by atoms with van der Waals surface area (Å²) in [6.07, 6.45) is 3.86. The largest absolute Gasteiger partial charge is 0.380 e. The van der Waals surface area contributed by atoms with Crippen molar-refractivity contribution in [2.75, 3.05) is 30.4 Å². The van der Waals surface area contributed by atoms with Crippen molar-refractivity contribution in [1.29, 1.82) is 0 Å². The van der Waals surface area contributed by atoms with Crippen molar-refractivity contribution in [3.63, 3.8) is 0 Å². The highest BCUT2D eigenvalue weighted by atomic mass is 16.5. The lowest BCUT2D eigenvalue weighted by Crippen LogP contribution is -2.34. The molecule has 1 aromatic heterocycles. The Morgan fingerprint density at radius 1 is 1.32 bits per heavy atom. The van der Waals surface area contributed by atoms with Crippen LogP contribution in [0.4, 0.5) is 17.5 Å². The van der Waals surface area contributed by atoms with Crippen LogP contribution in [0.2, 0.25) is 0 Å². The highest BCUT2D eigenvalue weighted by Crippen LogP contribution is 2.12. The quantitative estimate of drug-likeness (QED) is 0.658. The average Bonchev–Trinajstić information content (AvgIpc) is 3.00. The van der Waals surface area contributed by atoms with Gasteiger partial charge in [-0.25, -0.2) is 4.98 Å². The van der Waals surface area contributed by atoms with Crippen molar-refractivity contribution in [3.05, 3.63) is 41.0 Å². The van der Waals surface area contributed by atoms with Crippen molar-refractivity contribution >= 4 is 23.5 Å². The van der Waals surface area contributed by atoms with Gasteiger partial charge in [0.1, 0.15) is 5.82 Å². The number of benzene rings is 1. The molecule has 7 heteroatoms.